The van der Waals surface area contributed by atoms with Gasteiger partial charge in [-0.05, 0) is 31.0 Å². The number of halogens is 1. The summed E-state index contributed by atoms with van der Waals surface area (Å²) in [6, 6.07) is 4.67. The molecule has 0 atom stereocenters. The molecule has 1 rings (SSSR count). The van der Waals surface area contributed by atoms with Gasteiger partial charge < -0.3 is 4.74 Å². The molecule has 16 heavy (non-hydrogen) atoms. The molecule has 0 saturated heterocycles. The summed E-state index contributed by atoms with van der Waals surface area (Å²) in [6.07, 6.45) is 0.691. The van der Waals surface area contributed by atoms with E-state index in [0.29, 0.717) is 13.0 Å². The quantitative estimate of drug-likeness (QED) is 0.449. The number of carbonyl (C=O) groups excluding carboxylic acids is 1. The lowest BCUT2D eigenvalue weighted by atomic mass is 10.1. The Morgan fingerprint density at radius 3 is 2.88 bits per heavy atom. The van der Waals surface area contributed by atoms with Crippen LogP contribution in [0.1, 0.15) is 18.9 Å². The molecule has 1 aromatic rings. The second kappa shape index (κ2) is 6.07. The van der Waals surface area contributed by atoms with Gasteiger partial charge >= 0.3 is 0 Å². The van der Waals surface area contributed by atoms with Crippen molar-refractivity contribution in [2.24, 2.45) is 5.84 Å². The van der Waals surface area contributed by atoms with Crippen LogP contribution < -0.4 is 16.0 Å². The number of amides is 1. The lowest BCUT2D eigenvalue weighted by Gasteiger charge is -2.06. The Balaban J connectivity index is 2.62. The van der Waals surface area contributed by atoms with Crippen LogP contribution in [0.25, 0.3) is 0 Å². The zero-order valence-electron chi connectivity index (χ0n) is 9.13. The number of benzene rings is 1. The molecule has 5 heteroatoms. The van der Waals surface area contributed by atoms with Crippen molar-refractivity contribution in [3.05, 3.63) is 29.6 Å². The molecule has 3 N–H and O–H groups in total. The second-order valence-corrected chi connectivity index (χ2v) is 3.27. The minimum atomic E-state index is -0.410. The Labute approximate surface area is 93.6 Å². The molecule has 0 fully saturated rings. The molecular weight excluding hydrogens is 211 g/mol. The van der Waals surface area contributed by atoms with Crippen LogP contribution in [0.2, 0.25) is 0 Å². The summed E-state index contributed by atoms with van der Waals surface area (Å²) in [5.41, 5.74) is 2.76. The fourth-order valence-electron chi connectivity index (χ4n) is 1.30. The SMILES string of the molecule is CCOc1ccc(CCC(=O)NN)cc1F. The first-order chi connectivity index (χ1) is 7.67. The first-order valence-electron chi connectivity index (χ1n) is 5.08. The molecular formula is C11H15FN2O2. The first kappa shape index (κ1) is 12.4. The molecule has 88 valence electrons. The first-order valence-corrected chi connectivity index (χ1v) is 5.08. The third kappa shape index (κ3) is 3.51. The van der Waals surface area contributed by atoms with Gasteiger partial charge in [-0.3, -0.25) is 10.2 Å². The van der Waals surface area contributed by atoms with Crippen LogP contribution >= 0.6 is 0 Å². The number of rotatable bonds is 5. The van der Waals surface area contributed by atoms with Gasteiger partial charge in [0, 0.05) is 6.42 Å². The molecule has 0 aromatic heterocycles. The lowest BCUT2D eigenvalue weighted by Crippen LogP contribution is -2.30. The molecule has 0 saturated carbocycles. The molecule has 0 aliphatic carbocycles. The number of nitrogens with two attached hydrogens (primary N) is 1. The second-order valence-electron chi connectivity index (χ2n) is 3.27. The van der Waals surface area contributed by atoms with Crippen molar-refractivity contribution in [1.29, 1.82) is 0 Å². The summed E-state index contributed by atoms with van der Waals surface area (Å²) in [6.45, 7) is 2.21. The number of hydrogen-bond acceptors (Lipinski definition) is 3. The van der Waals surface area contributed by atoms with Crippen LogP contribution in [0.3, 0.4) is 0 Å². The monoisotopic (exact) mass is 226 g/mol. The van der Waals surface area contributed by atoms with Crippen molar-refractivity contribution in [1.82, 2.24) is 5.43 Å². The minimum Gasteiger partial charge on any atom is -0.491 e. The summed E-state index contributed by atoms with van der Waals surface area (Å²) < 4.78 is 18.5. The van der Waals surface area contributed by atoms with Gasteiger partial charge in [0.15, 0.2) is 11.6 Å². The van der Waals surface area contributed by atoms with Crippen molar-refractivity contribution in [2.75, 3.05) is 6.61 Å². The normalized spacial score (nSPS) is 9.94. The van der Waals surface area contributed by atoms with Crippen molar-refractivity contribution in [2.45, 2.75) is 19.8 Å². The minimum absolute atomic E-state index is 0.231. The van der Waals surface area contributed by atoms with Gasteiger partial charge in [0.05, 0.1) is 6.61 Å². The number of carbonyl (C=O) groups is 1. The van der Waals surface area contributed by atoms with Gasteiger partial charge in [-0.2, -0.15) is 0 Å². The third-order valence-corrected chi connectivity index (χ3v) is 2.10. The molecule has 0 heterocycles. The van der Waals surface area contributed by atoms with E-state index in [0.717, 1.165) is 5.56 Å². The maximum absolute atomic E-state index is 13.4. The van der Waals surface area contributed by atoms with Crippen molar-refractivity contribution < 1.29 is 13.9 Å². The van der Waals surface area contributed by atoms with Gasteiger partial charge in [0.1, 0.15) is 0 Å². The van der Waals surface area contributed by atoms with Gasteiger partial charge in [0.2, 0.25) is 5.91 Å². The van der Waals surface area contributed by atoms with Crippen LogP contribution in [-0.2, 0) is 11.2 Å². The highest BCUT2D eigenvalue weighted by Crippen LogP contribution is 2.18. The molecule has 0 spiro atoms. The van der Waals surface area contributed by atoms with Crippen molar-refractivity contribution in [3.63, 3.8) is 0 Å². The molecule has 1 aromatic carbocycles. The summed E-state index contributed by atoms with van der Waals surface area (Å²) >= 11 is 0. The zero-order valence-corrected chi connectivity index (χ0v) is 9.13. The molecule has 1 amide bonds. The number of hydrazine groups is 1. The Kier molecular flexibility index (Phi) is 4.72. The highest BCUT2D eigenvalue weighted by Gasteiger charge is 2.05. The summed E-state index contributed by atoms with van der Waals surface area (Å²) in [5.74, 6) is 4.49. The molecule has 0 aliphatic rings. The van der Waals surface area contributed by atoms with E-state index in [9.17, 15) is 9.18 Å². The van der Waals surface area contributed by atoms with Gasteiger partial charge in [-0.25, -0.2) is 10.2 Å². The largest absolute Gasteiger partial charge is 0.491 e. The Morgan fingerprint density at radius 1 is 1.56 bits per heavy atom. The van der Waals surface area contributed by atoms with Crippen LogP contribution in [0.5, 0.6) is 5.75 Å². The Morgan fingerprint density at radius 2 is 2.31 bits per heavy atom. The lowest BCUT2D eigenvalue weighted by molar-refractivity contribution is -0.121. The van der Waals surface area contributed by atoms with Crippen molar-refractivity contribution in [3.8, 4) is 5.75 Å². The predicted molar refractivity (Wildman–Crippen MR) is 58.2 cm³/mol. The van der Waals surface area contributed by atoms with Crippen LogP contribution in [-0.4, -0.2) is 12.5 Å². The van der Waals surface area contributed by atoms with Gasteiger partial charge in [-0.1, -0.05) is 6.07 Å². The number of hydrogen-bond donors (Lipinski definition) is 2. The summed E-state index contributed by atoms with van der Waals surface area (Å²) in [4.78, 5) is 10.9. The van der Waals surface area contributed by atoms with Crippen LogP contribution in [0.4, 0.5) is 4.39 Å². The topological polar surface area (TPSA) is 64.3 Å². The zero-order chi connectivity index (χ0) is 12.0. The number of nitrogens with one attached hydrogen (secondary N) is 1. The Bertz CT molecular complexity index is 369. The maximum Gasteiger partial charge on any atom is 0.234 e. The fraction of sp³-hybridized carbons (Fsp3) is 0.364. The van der Waals surface area contributed by atoms with E-state index in [1.807, 2.05) is 5.43 Å². The van der Waals surface area contributed by atoms with E-state index in [4.69, 9.17) is 10.6 Å². The maximum atomic E-state index is 13.4. The highest BCUT2D eigenvalue weighted by molar-refractivity contribution is 5.75. The number of ether oxygens (including phenoxy) is 1. The molecule has 0 aliphatic heterocycles. The van der Waals surface area contributed by atoms with E-state index in [2.05, 4.69) is 0 Å². The fourth-order valence-corrected chi connectivity index (χ4v) is 1.30. The van der Waals surface area contributed by atoms with E-state index < -0.39 is 5.82 Å². The van der Waals surface area contributed by atoms with E-state index in [1.165, 1.54) is 6.07 Å². The molecule has 0 bridgehead atoms. The summed E-state index contributed by atoms with van der Waals surface area (Å²) in [7, 11) is 0. The van der Waals surface area contributed by atoms with Gasteiger partial charge in [-0.15, -0.1) is 0 Å². The average molecular weight is 226 g/mol. The predicted octanol–water partition coefficient (Wildman–Crippen LogP) is 1.15. The van der Waals surface area contributed by atoms with Crippen LogP contribution in [0, 0.1) is 5.82 Å². The summed E-state index contributed by atoms with van der Waals surface area (Å²) in [5, 5.41) is 0. The third-order valence-electron chi connectivity index (χ3n) is 2.10. The molecule has 0 radical (unpaired) electrons. The van der Waals surface area contributed by atoms with Gasteiger partial charge in [0.25, 0.3) is 0 Å². The molecule has 4 nitrogen and oxygen atoms in total. The smallest absolute Gasteiger partial charge is 0.234 e. The van der Waals surface area contributed by atoms with E-state index >= 15 is 0 Å². The average Bonchev–Trinajstić information content (AvgIpc) is 2.29. The number of aryl methyl sites for hydroxylation is 1. The molecule has 0 unspecified atom stereocenters. The van der Waals surface area contributed by atoms with E-state index in [1.54, 1.807) is 19.1 Å². The standard InChI is InChI=1S/C11H15FN2O2/c1-2-16-10-5-3-8(7-9(10)12)4-6-11(15)14-13/h3,5,7H,2,4,6,13H2,1H3,(H,14,15). The van der Waals surface area contributed by atoms with Crippen LogP contribution in [0.15, 0.2) is 18.2 Å². The Hall–Kier alpha value is -1.62. The van der Waals surface area contributed by atoms with Crippen molar-refractivity contribution >= 4 is 5.91 Å². The van der Waals surface area contributed by atoms with E-state index in [-0.39, 0.29) is 18.1 Å². The highest BCUT2D eigenvalue weighted by atomic mass is 19.1.